The Balaban J connectivity index is 2.03. The van der Waals surface area contributed by atoms with Crippen LogP contribution in [0.1, 0.15) is 65.2 Å². The molecule has 0 spiro atoms. The number of hydrogen-bond donors (Lipinski definition) is 2. The smallest absolute Gasteiger partial charge is 0.307 e. The molecular weight excluding hydrogens is 266 g/mol. The highest BCUT2D eigenvalue weighted by molar-refractivity contribution is 5.85. The Morgan fingerprint density at radius 2 is 1.48 bits per heavy atom. The third kappa shape index (κ3) is 4.08. The largest absolute Gasteiger partial charge is 0.481 e. The molecule has 0 unspecified atom stereocenters. The third-order valence-corrected chi connectivity index (χ3v) is 5.12. The Morgan fingerprint density at radius 3 is 2.00 bits per heavy atom. The van der Waals surface area contributed by atoms with E-state index in [2.05, 4.69) is 5.32 Å². The highest BCUT2D eigenvalue weighted by Gasteiger charge is 2.37. The number of carbonyl (C=O) groups excluding carboxylic acids is 1. The molecule has 0 heterocycles. The fourth-order valence-electron chi connectivity index (χ4n) is 3.56. The summed E-state index contributed by atoms with van der Waals surface area (Å²) in [7, 11) is 0. The molecule has 0 aromatic carbocycles. The molecular formula is C17H27NO3. The second-order valence-corrected chi connectivity index (χ2v) is 6.72. The number of nitrogens with one attached hydrogen (secondary N) is 1. The van der Waals surface area contributed by atoms with E-state index in [-0.39, 0.29) is 11.9 Å². The summed E-state index contributed by atoms with van der Waals surface area (Å²) in [6, 6.07) is 0.238. The van der Waals surface area contributed by atoms with Gasteiger partial charge in [0.25, 0.3) is 0 Å². The van der Waals surface area contributed by atoms with E-state index >= 15 is 0 Å². The molecule has 0 aliphatic heterocycles. The lowest BCUT2D eigenvalue weighted by Gasteiger charge is -2.31. The van der Waals surface area contributed by atoms with Crippen molar-refractivity contribution in [3.8, 4) is 0 Å². The zero-order valence-electron chi connectivity index (χ0n) is 13.2. The van der Waals surface area contributed by atoms with Gasteiger partial charge < -0.3 is 10.4 Å². The number of carboxylic acid groups (broad SMARTS) is 1. The van der Waals surface area contributed by atoms with Gasteiger partial charge in [0, 0.05) is 6.04 Å². The molecule has 0 aromatic rings. The minimum atomic E-state index is -0.845. The van der Waals surface area contributed by atoms with Crippen molar-refractivity contribution in [2.75, 3.05) is 0 Å². The van der Waals surface area contributed by atoms with Crippen LogP contribution in [0.5, 0.6) is 0 Å². The van der Waals surface area contributed by atoms with Crippen molar-refractivity contribution < 1.29 is 14.7 Å². The van der Waals surface area contributed by atoms with Gasteiger partial charge in [0.2, 0.25) is 5.91 Å². The third-order valence-electron chi connectivity index (χ3n) is 5.12. The van der Waals surface area contributed by atoms with Crippen molar-refractivity contribution in [3.63, 3.8) is 0 Å². The van der Waals surface area contributed by atoms with Crippen molar-refractivity contribution in [2.45, 2.75) is 71.3 Å². The zero-order chi connectivity index (χ0) is 15.4. The highest BCUT2D eigenvalue weighted by Crippen LogP contribution is 2.34. The average molecular weight is 293 g/mol. The van der Waals surface area contributed by atoms with E-state index in [9.17, 15) is 14.7 Å². The van der Waals surface area contributed by atoms with Crippen molar-refractivity contribution in [1.29, 1.82) is 0 Å². The molecule has 2 aliphatic rings. The van der Waals surface area contributed by atoms with Crippen molar-refractivity contribution in [1.82, 2.24) is 5.32 Å². The van der Waals surface area contributed by atoms with Gasteiger partial charge in [-0.2, -0.15) is 0 Å². The quantitative estimate of drug-likeness (QED) is 0.620. The summed E-state index contributed by atoms with van der Waals surface area (Å²) in [6.07, 6.45) is 7.97. The topological polar surface area (TPSA) is 66.4 Å². The Bertz CT molecular complexity index is 433. The Hall–Kier alpha value is -1.32. The van der Waals surface area contributed by atoms with Crippen LogP contribution >= 0.6 is 0 Å². The van der Waals surface area contributed by atoms with Crippen molar-refractivity contribution >= 4 is 11.9 Å². The predicted molar refractivity (Wildman–Crippen MR) is 81.9 cm³/mol. The van der Waals surface area contributed by atoms with Gasteiger partial charge in [-0.25, -0.2) is 0 Å². The predicted octanol–water partition coefficient (Wildman–Crippen LogP) is 3.27. The van der Waals surface area contributed by atoms with Gasteiger partial charge in [-0.3, -0.25) is 9.59 Å². The van der Waals surface area contributed by atoms with Crippen LogP contribution in [0.2, 0.25) is 0 Å². The van der Waals surface area contributed by atoms with E-state index < -0.39 is 17.8 Å². The summed E-state index contributed by atoms with van der Waals surface area (Å²) in [5.41, 5.74) is 2.30. The number of hydrogen-bond acceptors (Lipinski definition) is 2. The van der Waals surface area contributed by atoms with Crippen LogP contribution < -0.4 is 5.32 Å². The monoisotopic (exact) mass is 293 g/mol. The lowest BCUT2D eigenvalue weighted by molar-refractivity contribution is -0.147. The maximum atomic E-state index is 12.5. The standard InChI is InChI=1S/C17H27NO3/c1-11-9-14(15(17(20)21)10-12(11)2)16(19)18-13-7-5-3-4-6-8-13/h13-15H,3-10H2,1-2H3,(H,18,19)(H,20,21)/t14-,15-/m0/s1. The lowest BCUT2D eigenvalue weighted by atomic mass is 9.76. The highest BCUT2D eigenvalue weighted by atomic mass is 16.4. The first-order valence-electron chi connectivity index (χ1n) is 8.17. The number of allylic oxidation sites excluding steroid dienone is 2. The first-order chi connectivity index (χ1) is 9.99. The summed E-state index contributed by atoms with van der Waals surface area (Å²) in [5.74, 6) is -1.88. The summed E-state index contributed by atoms with van der Waals surface area (Å²) in [4.78, 5) is 24.0. The van der Waals surface area contributed by atoms with Gasteiger partial charge in [0.05, 0.1) is 11.8 Å². The maximum absolute atomic E-state index is 12.5. The van der Waals surface area contributed by atoms with Crippen LogP contribution in [0.3, 0.4) is 0 Å². The molecule has 118 valence electrons. The molecule has 4 nitrogen and oxygen atoms in total. The number of aliphatic carboxylic acids is 1. The molecule has 2 rings (SSSR count). The first-order valence-corrected chi connectivity index (χ1v) is 8.17. The summed E-state index contributed by atoms with van der Waals surface area (Å²) >= 11 is 0. The number of amides is 1. The fraction of sp³-hybridized carbons (Fsp3) is 0.765. The molecule has 4 heteroatoms. The Labute approximate surface area is 127 Å². The van der Waals surface area contributed by atoms with Crippen molar-refractivity contribution in [2.24, 2.45) is 11.8 Å². The SMILES string of the molecule is CC1=C(C)C[C@H](C(=O)NC2CCCCCC2)[C@@H](C(=O)O)C1. The Kier molecular flexibility index (Phi) is 5.43. The van der Waals surface area contributed by atoms with Crippen LogP contribution in [-0.4, -0.2) is 23.0 Å². The van der Waals surface area contributed by atoms with Gasteiger partial charge in [0.15, 0.2) is 0 Å². The van der Waals surface area contributed by atoms with Gasteiger partial charge in [-0.1, -0.05) is 36.8 Å². The van der Waals surface area contributed by atoms with Crippen LogP contribution in [-0.2, 0) is 9.59 Å². The first kappa shape index (κ1) is 16.1. The van der Waals surface area contributed by atoms with Gasteiger partial charge in [-0.15, -0.1) is 0 Å². The number of carbonyl (C=O) groups is 2. The minimum Gasteiger partial charge on any atom is -0.481 e. The Morgan fingerprint density at radius 1 is 0.952 bits per heavy atom. The van der Waals surface area contributed by atoms with Gasteiger partial charge in [-0.05, 0) is 39.5 Å². The van der Waals surface area contributed by atoms with E-state index in [1.165, 1.54) is 18.4 Å². The molecule has 1 fully saturated rings. The molecule has 2 N–H and O–H groups in total. The molecule has 1 amide bonds. The lowest BCUT2D eigenvalue weighted by Crippen LogP contribution is -2.44. The molecule has 1 saturated carbocycles. The van der Waals surface area contributed by atoms with Crippen molar-refractivity contribution in [3.05, 3.63) is 11.1 Å². The number of carboxylic acids is 1. The summed E-state index contributed by atoms with van der Waals surface area (Å²) in [6.45, 7) is 3.99. The van der Waals surface area contributed by atoms with E-state index in [4.69, 9.17) is 0 Å². The zero-order valence-corrected chi connectivity index (χ0v) is 13.2. The molecule has 0 aromatic heterocycles. The van der Waals surface area contributed by atoms with Crippen LogP contribution in [0, 0.1) is 11.8 Å². The van der Waals surface area contributed by atoms with Crippen LogP contribution in [0.4, 0.5) is 0 Å². The second-order valence-electron chi connectivity index (χ2n) is 6.72. The van der Waals surface area contributed by atoms with E-state index in [1.54, 1.807) is 0 Å². The van der Waals surface area contributed by atoms with E-state index in [1.807, 2.05) is 13.8 Å². The van der Waals surface area contributed by atoms with Gasteiger partial charge in [0.1, 0.15) is 0 Å². The normalized spacial score (nSPS) is 28.1. The summed E-state index contributed by atoms with van der Waals surface area (Å²) < 4.78 is 0. The maximum Gasteiger partial charge on any atom is 0.307 e. The molecule has 0 bridgehead atoms. The molecule has 2 atom stereocenters. The molecule has 0 saturated heterocycles. The average Bonchev–Trinajstić information content (AvgIpc) is 2.69. The van der Waals surface area contributed by atoms with Crippen LogP contribution in [0.25, 0.3) is 0 Å². The minimum absolute atomic E-state index is 0.0545. The van der Waals surface area contributed by atoms with Gasteiger partial charge >= 0.3 is 5.97 Å². The van der Waals surface area contributed by atoms with Crippen LogP contribution in [0.15, 0.2) is 11.1 Å². The van der Waals surface area contributed by atoms with E-state index in [0.717, 1.165) is 31.3 Å². The molecule has 2 aliphatic carbocycles. The second kappa shape index (κ2) is 7.10. The number of rotatable bonds is 3. The fourth-order valence-corrected chi connectivity index (χ4v) is 3.56. The molecule has 0 radical (unpaired) electrons. The molecule has 21 heavy (non-hydrogen) atoms. The van der Waals surface area contributed by atoms with E-state index in [0.29, 0.717) is 12.8 Å². The summed E-state index contributed by atoms with van der Waals surface area (Å²) in [5, 5.41) is 12.5.